The number of nitro groups is 1. The molecule has 0 saturated heterocycles. The fourth-order valence-electron chi connectivity index (χ4n) is 0.986. The minimum absolute atomic E-state index is 0.00838. The van der Waals surface area contributed by atoms with Gasteiger partial charge in [-0.1, -0.05) is 0 Å². The quantitative estimate of drug-likeness (QED) is 0.457. The van der Waals surface area contributed by atoms with Gasteiger partial charge < -0.3 is 10.5 Å². The third-order valence-electron chi connectivity index (χ3n) is 1.73. The van der Waals surface area contributed by atoms with Crippen LogP contribution in [0.5, 0.6) is 5.75 Å². The van der Waals surface area contributed by atoms with Gasteiger partial charge in [-0.3, -0.25) is 10.1 Å². The lowest BCUT2D eigenvalue weighted by Gasteiger charge is -2.05. The molecule has 1 rings (SSSR count). The SMILES string of the molecule is NCCCOc1ccc([N+](=O)[O-])cc1F. The van der Waals surface area contributed by atoms with Gasteiger partial charge in [-0.2, -0.15) is 0 Å². The number of benzene rings is 1. The largest absolute Gasteiger partial charge is 0.490 e. The number of halogens is 1. The zero-order valence-corrected chi connectivity index (χ0v) is 7.98. The lowest BCUT2D eigenvalue weighted by molar-refractivity contribution is -0.385. The van der Waals surface area contributed by atoms with Crippen molar-refractivity contribution in [1.82, 2.24) is 0 Å². The van der Waals surface area contributed by atoms with E-state index in [1.807, 2.05) is 0 Å². The summed E-state index contributed by atoms with van der Waals surface area (Å²) in [7, 11) is 0. The second-order valence-corrected chi connectivity index (χ2v) is 2.86. The topological polar surface area (TPSA) is 78.4 Å². The Morgan fingerprint density at radius 2 is 2.27 bits per heavy atom. The molecule has 0 atom stereocenters. The van der Waals surface area contributed by atoms with Crippen molar-refractivity contribution in [2.24, 2.45) is 5.73 Å². The molecule has 15 heavy (non-hydrogen) atoms. The summed E-state index contributed by atoms with van der Waals surface area (Å²) in [5.41, 5.74) is 4.94. The van der Waals surface area contributed by atoms with E-state index in [4.69, 9.17) is 10.5 Å². The number of hydrogen-bond acceptors (Lipinski definition) is 4. The molecule has 0 saturated carbocycles. The number of rotatable bonds is 5. The molecule has 0 fully saturated rings. The second-order valence-electron chi connectivity index (χ2n) is 2.86. The van der Waals surface area contributed by atoms with Crippen molar-refractivity contribution in [3.8, 4) is 5.75 Å². The highest BCUT2D eigenvalue weighted by Crippen LogP contribution is 2.22. The Kier molecular flexibility index (Phi) is 3.99. The Bertz CT molecular complexity index is 357. The number of non-ortho nitro benzene ring substituents is 1. The van der Waals surface area contributed by atoms with Crippen LogP contribution in [0.3, 0.4) is 0 Å². The first-order valence-electron chi connectivity index (χ1n) is 4.42. The number of nitrogens with zero attached hydrogens (tertiary/aromatic N) is 1. The Balaban J connectivity index is 2.70. The van der Waals surface area contributed by atoms with E-state index in [-0.39, 0.29) is 11.4 Å². The summed E-state index contributed by atoms with van der Waals surface area (Å²) in [5, 5.41) is 10.3. The minimum atomic E-state index is -0.735. The van der Waals surface area contributed by atoms with Gasteiger partial charge in [0.1, 0.15) is 0 Å². The first-order chi connectivity index (χ1) is 7.15. The van der Waals surface area contributed by atoms with Crippen molar-refractivity contribution >= 4 is 5.69 Å². The van der Waals surface area contributed by atoms with E-state index in [0.717, 1.165) is 6.07 Å². The summed E-state index contributed by atoms with van der Waals surface area (Å²) < 4.78 is 18.2. The first-order valence-corrected chi connectivity index (χ1v) is 4.42. The third-order valence-corrected chi connectivity index (χ3v) is 1.73. The maximum atomic E-state index is 13.2. The summed E-state index contributed by atoms with van der Waals surface area (Å²) in [4.78, 5) is 9.65. The van der Waals surface area contributed by atoms with E-state index in [1.54, 1.807) is 0 Å². The van der Waals surface area contributed by atoms with Crippen LogP contribution in [0, 0.1) is 15.9 Å². The molecule has 82 valence electrons. The number of hydrogen-bond donors (Lipinski definition) is 1. The smallest absolute Gasteiger partial charge is 0.272 e. The lowest BCUT2D eigenvalue weighted by Crippen LogP contribution is -2.06. The molecular weight excluding hydrogens is 203 g/mol. The van der Waals surface area contributed by atoms with Crippen molar-refractivity contribution in [1.29, 1.82) is 0 Å². The number of ether oxygens (including phenoxy) is 1. The predicted molar refractivity (Wildman–Crippen MR) is 52.2 cm³/mol. The average molecular weight is 214 g/mol. The van der Waals surface area contributed by atoms with E-state index in [9.17, 15) is 14.5 Å². The third kappa shape index (κ3) is 3.17. The highest BCUT2D eigenvalue weighted by Gasteiger charge is 2.10. The molecule has 0 bridgehead atoms. The van der Waals surface area contributed by atoms with Gasteiger partial charge in [0, 0.05) is 6.07 Å². The van der Waals surface area contributed by atoms with Gasteiger partial charge in [0.25, 0.3) is 5.69 Å². The summed E-state index contributed by atoms with van der Waals surface area (Å²) in [5.74, 6) is -0.727. The van der Waals surface area contributed by atoms with Gasteiger partial charge >= 0.3 is 0 Å². The van der Waals surface area contributed by atoms with E-state index in [1.165, 1.54) is 12.1 Å². The highest BCUT2D eigenvalue weighted by molar-refractivity contribution is 5.37. The Labute approximate surface area is 85.8 Å². The molecule has 0 amide bonds. The molecule has 1 aromatic carbocycles. The molecule has 0 aliphatic carbocycles. The normalized spacial score (nSPS) is 10.0. The Morgan fingerprint density at radius 1 is 1.53 bits per heavy atom. The summed E-state index contributed by atoms with van der Waals surface area (Å²) >= 11 is 0. The van der Waals surface area contributed by atoms with Crippen LogP contribution in [-0.4, -0.2) is 18.1 Å². The van der Waals surface area contributed by atoms with Gasteiger partial charge in [-0.15, -0.1) is 0 Å². The molecule has 6 heteroatoms. The van der Waals surface area contributed by atoms with Crippen molar-refractivity contribution in [2.45, 2.75) is 6.42 Å². The maximum Gasteiger partial charge on any atom is 0.272 e. The van der Waals surface area contributed by atoms with Crippen LogP contribution in [-0.2, 0) is 0 Å². The lowest BCUT2D eigenvalue weighted by atomic mass is 10.3. The summed E-state index contributed by atoms with van der Waals surface area (Å²) in [6.45, 7) is 0.750. The van der Waals surface area contributed by atoms with E-state index < -0.39 is 10.7 Å². The van der Waals surface area contributed by atoms with Crippen molar-refractivity contribution in [2.75, 3.05) is 13.2 Å². The summed E-state index contributed by atoms with van der Waals surface area (Å²) in [6, 6.07) is 3.27. The van der Waals surface area contributed by atoms with Crippen LogP contribution < -0.4 is 10.5 Å². The zero-order valence-electron chi connectivity index (χ0n) is 7.98. The Hall–Kier alpha value is -1.69. The van der Waals surface area contributed by atoms with Gasteiger partial charge in [-0.25, -0.2) is 4.39 Å². The van der Waals surface area contributed by atoms with Crippen molar-refractivity contribution in [3.05, 3.63) is 34.1 Å². The average Bonchev–Trinajstić information content (AvgIpc) is 2.20. The highest BCUT2D eigenvalue weighted by atomic mass is 19.1. The molecule has 0 spiro atoms. The van der Waals surface area contributed by atoms with Gasteiger partial charge in [0.2, 0.25) is 0 Å². The molecule has 0 aliphatic heterocycles. The monoisotopic (exact) mass is 214 g/mol. The van der Waals surface area contributed by atoms with Gasteiger partial charge in [0.05, 0.1) is 17.6 Å². The van der Waals surface area contributed by atoms with E-state index in [2.05, 4.69) is 0 Å². The predicted octanol–water partition coefficient (Wildman–Crippen LogP) is 1.46. The van der Waals surface area contributed by atoms with Gasteiger partial charge in [0.15, 0.2) is 11.6 Å². The van der Waals surface area contributed by atoms with Crippen molar-refractivity contribution < 1.29 is 14.1 Å². The molecule has 5 nitrogen and oxygen atoms in total. The van der Waals surface area contributed by atoms with Crippen LogP contribution in [0.2, 0.25) is 0 Å². The summed E-state index contributed by atoms with van der Waals surface area (Å²) in [6.07, 6.45) is 0.608. The van der Waals surface area contributed by atoms with Crippen molar-refractivity contribution in [3.63, 3.8) is 0 Å². The fourth-order valence-corrected chi connectivity index (χ4v) is 0.986. The van der Waals surface area contributed by atoms with Gasteiger partial charge in [-0.05, 0) is 19.0 Å². The maximum absolute atomic E-state index is 13.2. The second kappa shape index (κ2) is 5.26. The number of nitrogens with two attached hydrogens (primary N) is 1. The molecule has 1 aromatic rings. The molecule has 0 heterocycles. The van der Waals surface area contributed by atoms with Crippen LogP contribution in [0.25, 0.3) is 0 Å². The molecule has 0 radical (unpaired) electrons. The molecule has 0 aliphatic rings. The molecule has 0 unspecified atom stereocenters. The minimum Gasteiger partial charge on any atom is -0.490 e. The van der Waals surface area contributed by atoms with E-state index in [0.29, 0.717) is 19.6 Å². The fraction of sp³-hybridized carbons (Fsp3) is 0.333. The Morgan fingerprint density at radius 3 is 2.80 bits per heavy atom. The van der Waals surface area contributed by atoms with E-state index >= 15 is 0 Å². The first kappa shape index (κ1) is 11.4. The number of nitro benzene ring substituents is 1. The zero-order chi connectivity index (χ0) is 11.3. The van der Waals surface area contributed by atoms with Crippen LogP contribution in [0.4, 0.5) is 10.1 Å². The van der Waals surface area contributed by atoms with Crippen LogP contribution in [0.1, 0.15) is 6.42 Å². The standard InChI is InChI=1S/C9H11FN2O3/c10-8-6-7(12(13)14)2-3-9(8)15-5-1-4-11/h2-3,6H,1,4-5,11H2. The van der Waals surface area contributed by atoms with Crippen LogP contribution in [0.15, 0.2) is 18.2 Å². The van der Waals surface area contributed by atoms with Crippen LogP contribution >= 0.6 is 0 Å². The molecular formula is C9H11FN2O3. The molecule has 2 N–H and O–H groups in total. The molecule has 0 aromatic heterocycles.